The Morgan fingerprint density at radius 1 is 1.20 bits per heavy atom. The van der Waals surface area contributed by atoms with E-state index in [0.717, 1.165) is 33.5 Å². The van der Waals surface area contributed by atoms with E-state index in [-0.39, 0.29) is 0 Å². The lowest BCUT2D eigenvalue weighted by Crippen LogP contribution is -1.83. The van der Waals surface area contributed by atoms with E-state index in [9.17, 15) is 0 Å². The Labute approximate surface area is 149 Å². The summed E-state index contributed by atoms with van der Waals surface area (Å²) in [5.41, 5.74) is 6.56. The monoisotopic (exact) mass is 326 g/mol. The van der Waals surface area contributed by atoms with E-state index in [1.807, 2.05) is 74.7 Å². The maximum atomic E-state index is 9.16. The molecule has 2 aromatic rings. The van der Waals surface area contributed by atoms with Crippen LogP contribution in [0.25, 0.3) is 17.2 Å². The van der Waals surface area contributed by atoms with Gasteiger partial charge in [-0.2, -0.15) is 5.26 Å². The molecule has 0 aliphatic carbocycles. The number of nitrogens with one attached hydrogen (secondary N) is 1. The first kappa shape index (κ1) is 18.0. The van der Waals surface area contributed by atoms with Crippen LogP contribution >= 0.6 is 0 Å². The Kier molecular flexibility index (Phi) is 6.14. The summed E-state index contributed by atoms with van der Waals surface area (Å²) in [6, 6.07) is 11.8. The minimum Gasteiger partial charge on any atom is -0.361 e. The number of rotatable bonds is 6. The van der Waals surface area contributed by atoms with Crippen LogP contribution in [-0.4, -0.2) is 4.98 Å². The van der Waals surface area contributed by atoms with Crippen LogP contribution in [0.4, 0.5) is 0 Å². The first-order valence-corrected chi connectivity index (χ1v) is 8.10. The van der Waals surface area contributed by atoms with Crippen molar-refractivity contribution in [3.63, 3.8) is 0 Å². The van der Waals surface area contributed by atoms with Crippen LogP contribution in [0, 0.1) is 11.3 Å². The van der Waals surface area contributed by atoms with Crippen molar-refractivity contribution < 1.29 is 0 Å². The van der Waals surface area contributed by atoms with Crippen LogP contribution in [0.15, 0.2) is 79.6 Å². The van der Waals surface area contributed by atoms with Gasteiger partial charge in [0.1, 0.15) is 0 Å². The van der Waals surface area contributed by atoms with Crippen LogP contribution in [0.3, 0.4) is 0 Å². The SMILES string of the molecule is C=C(/C=C/c1ccccc1C#N)/C=C(\C=C/C)c1cc(C(=C)C)c[nH]1. The van der Waals surface area contributed by atoms with Gasteiger partial charge in [-0.25, -0.2) is 0 Å². The molecule has 1 aromatic carbocycles. The highest BCUT2D eigenvalue weighted by atomic mass is 14.7. The Hall–Kier alpha value is -3.31. The number of nitrogens with zero attached hydrogens (tertiary/aromatic N) is 1. The van der Waals surface area contributed by atoms with Gasteiger partial charge in [0.2, 0.25) is 0 Å². The standard InChI is InChI=1S/C23H22N2/c1-5-8-20(23-14-22(16-25-23)17(2)3)13-18(4)11-12-19-9-6-7-10-21(19)15-24/h5-14,16,25H,2,4H2,1,3H3/b8-5-,12-11+,20-13+. The number of benzene rings is 1. The molecule has 2 heteroatoms. The molecule has 0 atom stereocenters. The van der Waals surface area contributed by atoms with E-state index in [1.54, 1.807) is 0 Å². The van der Waals surface area contributed by atoms with Crippen LogP contribution in [0.2, 0.25) is 0 Å². The zero-order valence-electron chi connectivity index (χ0n) is 14.7. The predicted molar refractivity (Wildman–Crippen MR) is 108 cm³/mol. The number of aromatic amines is 1. The van der Waals surface area contributed by atoms with E-state index in [4.69, 9.17) is 5.26 Å². The van der Waals surface area contributed by atoms with E-state index in [2.05, 4.69) is 30.3 Å². The quantitative estimate of drug-likeness (QED) is 0.635. The molecule has 0 saturated heterocycles. The van der Waals surface area contributed by atoms with Gasteiger partial charge in [0.15, 0.2) is 0 Å². The molecule has 0 aliphatic heterocycles. The van der Waals surface area contributed by atoms with Crippen molar-refractivity contribution in [2.45, 2.75) is 13.8 Å². The summed E-state index contributed by atoms with van der Waals surface area (Å²) in [4.78, 5) is 3.28. The summed E-state index contributed by atoms with van der Waals surface area (Å²) in [6.07, 6.45) is 11.8. The largest absolute Gasteiger partial charge is 0.361 e. The lowest BCUT2D eigenvalue weighted by Gasteiger charge is -2.01. The van der Waals surface area contributed by atoms with Gasteiger partial charge in [-0.15, -0.1) is 0 Å². The van der Waals surface area contributed by atoms with E-state index in [0.29, 0.717) is 5.56 Å². The van der Waals surface area contributed by atoms with Gasteiger partial charge < -0.3 is 4.98 Å². The second-order valence-corrected chi connectivity index (χ2v) is 5.79. The zero-order chi connectivity index (χ0) is 18.2. The van der Waals surface area contributed by atoms with E-state index >= 15 is 0 Å². The smallest absolute Gasteiger partial charge is 0.0997 e. The molecule has 0 aliphatic rings. The Morgan fingerprint density at radius 2 is 1.96 bits per heavy atom. The second-order valence-electron chi connectivity index (χ2n) is 5.79. The summed E-state index contributed by atoms with van der Waals surface area (Å²) in [5, 5.41) is 9.16. The normalized spacial score (nSPS) is 11.8. The second kappa shape index (κ2) is 8.52. The average Bonchev–Trinajstić information content (AvgIpc) is 3.10. The molecule has 1 heterocycles. The molecule has 0 radical (unpaired) electrons. The van der Waals surface area contributed by atoms with E-state index in [1.165, 1.54) is 0 Å². The molecular formula is C23H22N2. The summed E-state index contributed by atoms with van der Waals surface area (Å²) >= 11 is 0. The molecule has 0 amide bonds. The number of nitriles is 1. The van der Waals surface area contributed by atoms with Crippen molar-refractivity contribution in [2.24, 2.45) is 0 Å². The Balaban J connectivity index is 2.27. The molecule has 0 spiro atoms. The topological polar surface area (TPSA) is 39.6 Å². The lowest BCUT2D eigenvalue weighted by molar-refractivity contribution is 1.35. The minimum atomic E-state index is 0.652. The third kappa shape index (κ3) is 4.83. The fourth-order valence-corrected chi connectivity index (χ4v) is 2.39. The van der Waals surface area contributed by atoms with Crippen molar-refractivity contribution in [3.05, 3.63) is 102 Å². The van der Waals surface area contributed by atoms with Crippen LogP contribution in [-0.2, 0) is 0 Å². The van der Waals surface area contributed by atoms with Crippen molar-refractivity contribution in [1.82, 2.24) is 4.98 Å². The molecule has 0 fully saturated rings. The van der Waals surface area contributed by atoms with Gasteiger partial charge >= 0.3 is 0 Å². The molecule has 1 aromatic heterocycles. The fourth-order valence-electron chi connectivity index (χ4n) is 2.39. The Bertz CT molecular complexity index is 912. The van der Waals surface area contributed by atoms with Crippen LogP contribution in [0.5, 0.6) is 0 Å². The highest BCUT2D eigenvalue weighted by Gasteiger charge is 2.03. The minimum absolute atomic E-state index is 0.652. The maximum absolute atomic E-state index is 9.16. The number of hydrogen-bond donors (Lipinski definition) is 1. The summed E-state index contributed by atoms with van der Waals surface area (Å²) in [6.45, 7) is 12.0. The van der Waals surface area contributed by atoms with Crippen LogP contribution < -0.4 is 0 Å². The molecule has 0 unspecified atom stereocenters. The number of aromatic nitrogens is 1. The van der Waals surface area contributed by atoms with Crippen molar-refractivity contribution >= 4 is 17.2 Å². The molecule has 2 nitrogen and oxygen atoms in total. The zero-order valence-corrected chi connectivity index (χ0v) is 14.7. The summed E-state index contributed by atoms with van der Waals surface area (Å²) in [5.74, 6) is 0. The van der Waals surface area contributed by atoms with Gasteiger partial charge in [-0.3, -0.25) is 0 Å². The first-order chi connectivity index (χ1) is 12.0. The van der Waals surface area contributed by atoms with Gasteiger partial charge in [-0.1, -0.05) is 55.7 Å². The number of hydrogen-bond acceptors (Lipinski definition) is 1. The van der Waals surface area contributed by atoms with Gasteiger partial charge in [0.05, 0.1) is 11.6 Å². The average molecular weight is 326 g/mol. The predicted octanol–water partition coefficient (Wildman–Crippen LogP) is 6.15. The Morgan fingerprint density at radius 3 is 2.60 bits per heavy atom. The molecule has 25 heavy (non-hydrogen) atoms. The van der Waals surface area contributed by atoms with Crippen molar-refractivity contribution in [3.8, 4) is 6.07 Å². The maximum Gasteiger partial charge on any atom is 0.0997 e. The van der Waals surface area contributed by atoms with Crippen molar-refractivity contribution in [2.75, 3.05) is 0 Å². The highest BCUT2D eigenvalue weighted by Crippen LogP contribution is 2.22. The van der Waals surface area contributed by atoms with Gasteiger partial charge in [0.25, 0.3) is 0 Å². The summed E-state index contributed by atoms with van der Waals surface area (Å²) < 4.78 is 0. The van der Waals surface area contributed by atoms with Gasteiger partial charge in [-0.05, 0) is 59.9 Å². The third-order valence-corrected chi connectivity index (χ3v) is 3.73. The fraction of sp³-hybridized carbons (Fsp3) is 0.0870. The molecule has 0 saturated carbocycles. The molecule has 0 bridgehead atoms. The van der Waals surface area contributed by atoms with Gasteiger partial charge in [0, 0.05) is 11.9 Å². The lowest BCUT2D eigenvalue weighted by atomic mass is 10.0. The highest BCUT2D eigenvalue weighted by molar-refractivity contribution is 5.77. The van der Waals surface area contributed by atoms with E-state index < -0.39 is 0 Å². The number of allylic oxidation sites excluding steroid dienone is 7. The van der Waals surface area contributed by atoms with Crippen LogP contribution in [0.1, 0.15) is 36.2 Å². The molecule has 2 rings (SSSR count). The van der Waals surface area contributed by atoms with Crippen molar-refractivity contribution in [1.29, 1.82) is 5.26 Å². The summed E-state index contributed by atoms with van der Waals surface area (Å²) in [7, 11) is 0. The molecule has 1 N–H and O–H groups in total. The molecular weight excluding hydrogens is 304 g/mol. The molecule has 124 valence electrons. The third-order valence-electron chi connectivity index (χ3n) is 3.73. The number of H-pyrrole nitrogens is 1. The first-order valence-electron chi connectivity index (χ1n) is 8.10.